The third-order valence-electron chi connectivity index (χ3n) is 2.92. The number of carboxylic acid groups (broad SMARTS) is 1. The first-order valence-corrected chi connectivity index (χ1v) is 6.33. The zero-order valence-corrected chi connectivity index (χ0v) is 9.96. The summed E-state index contributed by atoms with van der Waals surface area (Å²) in [6.45, 7) is 1.11. The maximum atomic E-state index is 11.1. The van der Waals surface area contributed by atoms with Gasteiger partial charge >= 0.3 is 5.97 Å². The molecule has 1 heterocycles. The highest BCUT2D eigenvalue weighted by atomic mass is 32.2. The number of benzene rings is 1. The lowest BCUT2D eigenvalue weighted by atomic mass is 10.3. The van der Waals surface area contributed by atoms with Crippen molar-refractivity contribution in [2.45, 2.75) is 22.5 Å². The van der Waals surface area contributed by atoms with Crippen molar-refractivity contribution in [2.75, 3.05) is 13.2 Å². The summed E-state index contributed by atoms with van der Waals surface area (Å²) in [4.78, 5) is 12.0. The Morgan fingerprint density at radius 3 is 2.59 bits per heavy atom. The SMILES string of the molecule is O=C(O)C1(Sc2ccc3c(c2)OCCO3)CC1. The Kier molecular flexibility index (Phi) is 2.43. The monoisotopic (exact) mass is 252 g/mol. The smallest absolute Gasteiger partial charge is 0.320 e. The van der Waals surface area contributed by atoms with Gasteiger partial charge in [0, 0.05) is 4.90 Å². The van der Waals surface area contributed by atoms with E-state index in [1.165, 1.54) is 11.8 Å². The van der Waals surface area contributed by atoms with E-state index in [2.05, 4.69) is 0 Å². The van der Waals surface area contributed by atoms with Crippen molar-refractivity contribution >= 4 is 17.7 Å². The quantitative estimate of drug-likeness (QED) is 0.893. The van der Waals surface area contributed by atoms with E-state index in [0.29, 0.717) is 19.0 Å². The minimum atomic E-state index is -0.725. The van der Waals surface area contributed by atoms with Crippen LogP contribution in [0, 0.1) is 0 Å². The van der Waals surface area contributed by atoms with Gasteiger partial charge in [-0.1, -0.05) is 0 Å². The summed E-state index contributed by atoms with van der Waals surface area (Å²) in [7, 11) is 0. The van der Waals surface area contributed by atoms with Gasteiger partial charge in [0.2, 0.25) is 0 Å². The maximum absolute atomic E-state index is 11.1. The second kappa shape index (κ2) is 3.84. The maximum Gasteiger partial charge on any atom is 0.320 e. The first-order valence-electron chi connectivity index (χ1n) is 5.52. The van der Waals surface area contributed by atoms with Crippen molar-refractivity contribution in [1.82, 2.24) is 0 Å². The molecule has 1 N–H and O–H groups in total. The highest BCUT2D eigenvalue weighted by molar-refractivity contribution is 8.01. The largest absolute Gasteiger partial charge is 0.486 e. The molecule has 1 saturated carbocycles. The molecule has 2 aliphatic rings. The van der Waals surface area contributed by atoms with E-state index in [9.17, 15) is 4.79 Å². The molecule has 3 rings (SSSR count). The number of hydrogen-bond donors (Lipinski definition) is 1. The zero-order chi connectivity index (χ0) is 11.9. The average Bonchev–Trinajstić information content (AvgIpc) is 3.10. The normalized spacial score (nSPS) is 19.8. The molecule has 0 amide bonds. The van der Waals surface area contributed by atoms with Crippen LogP contribution in [0.1, 0.15) is 12.8 Å². The third kappa shape index (κ3) is 1.95. The molecular weight excluding hydrogens is 240 g/mol. The van der Waals surface area contributed by atoms with Crippen LogP contribution in [0.5, 0.6) is 11.5 Å². The number of thioether (sulfide) groups is 1. The molecule has 5 heteroatoms. The van der Waals surface area contributed by atoms with Gasteiger partial charge in [-0.15, -0.1) is 11.8 Å². The Morgan fingerprint density at radius 2 is 1.94 bits per heavy atom. The lowest BCUT2D eigenvalue weighted by Crippen LogP contribution is -2.17. The van der Waals surface area contributed by atoms with Crippen molar-refractivity contribution in [3.05, 3.63) is 18.2 Å². The molecule has 0 unspecified atom stereocenters. The van der Waals surface area contributed by atoms with E-state index < -0.39 is 10.7 Å². The van der Waals surface area contributed by atoms with Gasteiger partial charge in [-0.25, -0.2) is 0 Å². The average molecular weight is 252 g/mol. The molecule has 90 valence electrons. The molecule has 0 atom stereocenters. The van der Waals surface area contributed by atoms with Crippen molar-refractivity contribution in [3.8, 4) is 11.5 Å². The molecule has 1 fully saturated rings. The third-order valence-corrected chi connectivity index (χ3v) is 4.38. The summed E-state index contributed by atoms with van der Waals surface area (Å²) in [6, 6.07) is 5.60. The fraction of sp³-hybridized carbons (Fsp3) is 0.417. The van der Waals surface area contributed by atoms with E-state index in [0.717, 1.165) is 23.5 Å². The van der Waals surface area contributed by atoms with Gasteiger partial charge in [0.05, 0.1) is 0 Å². The van der Waals surface area contributed by atoms with Crippen molar-refractivity contribution in [2.24, 2.45) is 0 Å². The van der Waals surface area contributed by atoms with Crippen LogP contribution in [0.4, 0.5) is 0 Å². The molecule has 0 radical (unpaired) electrons. The van der Waals surface area contributed by atoms with Crippen LogP contribution in [0.2, 0.25) is 0 Å². The molecule has 1 aromatic rings. The molecule has 17 heavy (non-hydrogen) atoms. The topological polar surface area (TPSA) is 55.8 Å². The van der Waals surface area contributed by atoms with Gasteiger partial charge in [-0.2, -0.15) is 0 Å². The van der Waals surface area contributed by atoms with Crippen LogP contribution < -0.4 is 9.47 Å². The van der Waals surface area contributed by atoms with E-state index in [1.807, 2.05) is 18.2 Å². The zero-order valence-electron chi connectivity index (χ0n) is 9.14. The van der Waals surface area contributed by atoms with E-state index in [-0.39, 0.29) is 0 Å². The van der Waals surface area contributed by atoms with Crippen molar-refractivity contribution < 1.29 is 19.4 Å². The Morgan fingerprint density at radius 1 is 1.24 bits per heavy atom. The molecule has 0 saturated heterocycles. The standard InChI is InChI=1S/C12H12O4S/c13-11(14)12(3-4-12)17-8-1-2-9-10(7-8)16-6-5-15-9/h1-2,7H,3-6H2,(H,13,14). The van der Waals surface area contributed by atoms with Gasteiger partial charge < -0.3 is 14.6 Å². The summed E-state index contributed by atoms with van der Waals surface area (Å²) in [5.74, 6) is 0.723. The van der Waals surface area contributed by atoms with Crippen LogP contribution >= 0.6 is 11.8 Å². The number of fused-ring (bicyclic) bond motifs is 1. The molecule has 0 bridgehead atoms. The molecule has 1 aliphatic heterocycles. The second-order valence-corrected chi connectivity index (χ2v) is 5.66. The Hall–Kier alpha value is -1.36. The van der Waals surface area contributed by atoms with Gasteiger partial charge in [0.1, 0.15) is 18.0 Å². The summed E-state index contributed by atoms with van der Waals surface area (Å²) < 4.78 is 10.3. The molecule has 1 aromatic carbocycles. The highest BCUT2D eigenvalue weighted by Gasteiger charge is 2.51. The summed E-state index contributed by atoms with van der Waals surface area (Å²) in [6.07, 6.45) is 1.48. The summed E-state index contributed by atoms with van der Waals surface area (Å²) in [5, 5.41) is 9.13. The van der Waals surface area contributed by atoms with Crippen LogP contribution in [0.15, 0.2) is 23.1 Å². The van der Waals surface area contributed by atoms with E-state index in [4.69, 9.17) is 14.6 Å². The minimum absolute atomic E-state index is 0.547. The number of hydrogen-bond acceptors (Lipinski definition) is 4. The molecule has 1 aliphatic carbocycles. The van der Waals surface area contributed by atoms with Crippen LogP contribution in [-0.4, -0.2) is 29.0 Å². The molecule has 0 spiro atoms. The Labute approximate surface area is 103 Å². The summed E-state index contributed by atoms with van der Waals surface area (Å²) in [5.41, 5.74) is 0. The number of rotatable bonds is 3. The van der Waals surface area contributed by atoms with Gasteiger partial charge in [0.15, 0.2) is 11.5 Å². The van der Waals surface area contributed by atoms with Crippen molar-refractivity contribution in [3.63, 3.8) is 0 Å². The Bertz CT molecular complexity index is 468. The lowest BCUT2D eigenvalue weighted by Gasteiger charge is -2.19. The minimum Gasteiger partial charge on any atom is -0.486 e. The fourth-order valence-corrected chi connectivity index (χ4v) is 2.93. The van der Waals surface area contributed by atoms with Crippen molar-refractivity contribution in [1.29, 1.82) is 0 Å². The van der Waals surface area contributed by atoms with Gasteiger partial charge in [0.25, 0.3) is 0 Å². The second-order valence-electron chi connectivity index (χ2n) is 4.21. The number of ether oxygens (including phenoxy) is 2. The van der Waals surface area contributed by atoms with E-state index in [1.54, 1.807) is 0 Å². The predicted molar refractivity (Wildman–Crippen MR) is 62.9 cm³/mol. The molecule has 0 aromatic heterocycles. The summed E-state index contributed by atoms with van der Waals surface area (Å²) >= 11 is 1.40. The highest BCUT2D eigenvalue weighted by Crippen LogP contribution is 2.52. The van der Waals surface area contributed by atoms with E-state index >= 15 is 0 Å². The first-order chi connectivity index (χ1) is 8.20. The van der Waals surface area contributed by atoms with Gasteiger partial charge in [-0.05, 0) is 31.0 Å². The first kappa shape index (κ1) is 10.8. The fourth-order valence-electron chi connectivity index (χ4n) is 1.79. The van der Waals surface area contributed by atoms with Crippen LogP contribution in [-0.2, 0) is 4.79 Å². The number of aliphatic carboxylic acids is 1. The predicted octanol–water partition coefficient (Wildman–Crippen LogP) is 2.17. The van der Waals surface area contributed by atoms with Crippen LogP contribution in [0.3, 0.4) is 0 Å². The number of carboxylic acids is 1. The number of carbonyl (C=O) groups is 1. The molecule has 4 nitrogen and oxygen atoms in total. The van der Waals surface area contributed by atoms with Crippen LogP contribution in [0.25, 0.3) is 0 Å². The Balaban J connectivity index is 1.82. The lowest BCUT2D eigenvalue weighted by molar-refractivity contribution is -0.137. The molecular formula is C12H12O4S. The van der Waals surface area contributed by atoms with Gasteiger partial charge in [-0.3, -0.25) is 4.79 Å².